The van der Waals surface area contributed by atoms with Gasteiger partial charge >= 0.3 is 6.18 Å². The zero-order valence-electron chi connectivity index (χ0n) is 10.6. The van der Waals surface area contributed by atoms with E-state index in [4.69, 9.17) is 0 Å². The Morgan fingerprint density at radius 1 is 1.05 bits per heavy atom. The molecule has 0 amide bonds. The van der Waals surface area contributed by atoms with Crippen molar-refractivity contribution in [2.24, 2.45) is 5.10 Å². The highest BCUT2D eigenvalue weighted by molar-refractivity contribution is 6.11. The standard InChI is InChI=1S/C14H10F3N3O/c15-14(16,17)10-5-3-4-9(8-10)13-19-18-11-6-1-2-7-12(11)20(13)21/h1-8,18,21H. The monoisotopic (exact) mass is 293 g/mol. The van der Waals surface area contributed by atoms with Crippen LogP contribution in [0.1, 0.15) is 11.1 Å². The van der Waals surface area contributed by atoms with Gasteiger partial charge in [-0.15, -0.1) is 0 Å². The van der Waals surface area contributed by atoms with Gasteiger partial charge in [-0.2, -0.15) is 18.3 Å². The third-order valence-electron chi connectivity index (χ3n) is 3.06. The molecule has 7 heteroatoms. The van der Waals surface area contributed by atoms with Gasteiger partial charge in [-0.05, 0) is 24.3 Å². The summed E-state index contributed by atoms with van der Waals surface area (Å²) in [4.78, 5) is 0. The SMILES string of the molecule is ON1C(c2cccc(C(F)(F)F)c2)=NNc2ccccc21. The molecule has 2 aromatic carbocycles. The molecule has 2 aromatic rings. The van der Waals surface area contributed by atoms with Gasteiger partial charge in [-0.3, -0.25) is 10.6 Å². The quantitative estimate of drug-likeness (QED) is 0.843. The Hall–Kier alpha value is -2.54. The first-order valence-electron chi connectivity index (χ1n) is 6.06. The van der Waals surface area contributed by atoms with Crippen LogP contribution in [-0.2, 0) is 6.18 Å². The summed E-state index contributed by atoms with van der Waals surface area (Å²) in [6, 6.07) is 11.4. The van der Waals surface area contributed by atoms with Crippen LogP contribution in [0.25, 0.3) is 0 Å². The first kappa shape index (κ1) is 13.4. The minimum absolute atomic E-state index is 0.000185. The summed E-state index contributed by atoms with van der Waals surface area (Å²) in [5.41, 5.74) is 3.05. The Bertz CT molecular complexity index is 713. The number of nitrogens with zero attached hydrogens (tertiary/aromatic N) is 2. The fraction of sp³-hybridized carbons (Fsp3) is 0.0714. The molecule has 0 radical (unpaired) electrons. The average molecular weight is 293 g/mol. The zero-order chi connectivity index (χ0) is 15.0. The zero-order valence-corrected chi connectivity index (χ0v) is 10.6. The summed E-state index contributed by atoms with van der Waals surface area (Å²) in [6.45, 7) is 0. The lowest BCUT2D eigenvalue weighted by atomic mass is 10.1. The van der Waals surface area contributed by atoms with Crippen LogP contribution in [0.4, 0.5) is 24.5 Å². The molecule has 0 atom stereocenters. The Morgan fingerprint density at radius 2 is 1.81 bits per heavy atom. The summed E-state index contributed by atoms with van der Waals surface area (Å²) in [5, 5.41) is 14.8. The minimum Gasteiger partial charge on any atom is -0.282 e. The van der Waals surface area contributed by atoms with Crippen LogP contribution in [0, 0.1) is 0 Å². The number of amidine groups is 1. The fourth-order valence-corrected chi connectivity index (χ4v) is 2.05. The third-order valence-corrected chi connectivity index (χ3v) is 3.06. The predicted octanol–water partition coefficient (Wildman–Crippen LogP) is 3.69. The maximum Gasteiger partial charge on any atom is 0.416 e. The number of rotatable bonds is 1. The van der Waals surface area contributed by atoms with E-state index in [-0.39, 0.29) is 11.4 Å². The smallest absolute Gasteiger partial charge is 0.282 e. The summed E-state index contributed by atoms with van der Waals surface area (Å²) in [7, 11) is 0. The first-order valence-corrected chi connectivity index (χ1v) is 6.06. The van der Waals surface area contributed by atoms with Crippen molar-refractivity contribution in [3.63, 3.8) is 0 Å². The van der Waals surface area contributed by atoms with Gasteiger partial charge in [0.05, 0.1) is 16.9 Å². The van der Waals surface area contributed by atoms with Gasteiger partial charge in [-0.25, -0.2) is 5.06 Å². The summed E-state index contributed by atoms with van der Waals surface area (Å²) >= 11 is 0. The van der Waals surface area contributed by atoms with E-state index in [0.717, 1.165) is 17.2 Å². The van der Waals surface area contributed by atoms with Crippen LogP contribution in [0.2, 0.25) is 0 Å². The second kappa shape index (κ2) is 4.78. The largest absolute Gasteiger partial charge is 0.416 e. The van der Waals surface area contributed by atoms with Crippen molar-refractivity contribution in [1.82, 2.24) is 0 Å². The lowest BCUT2D eigenvalue weighted by Gasteiger charge is -2.26. The maximum atomic E-state index is 12.7. The second-order valence-electron chi connectivity index (χ2n) is 4.45. The normalized spacial score (nSPS) is 14.3. The van der Waals surface area contributed by atoms with Crippen molar-refractivity contribution < 1.29 is 18.4 Å². The Kier molecular flexibility index (Phi) is 3.06. The van der Waals surface area contributed by atoms with Gasteiger partial charge in [0.25, 0.3) is 0 Å². The minimum atomic E-state index is -4.45. The van der Waals surface area contributed by atoms with E-state index in [1.165, 1.54) is 12.1 Å². The molecule has 0 aliphatic carbocycles. The number of benzene rings is 2. The molecule has 0 saturated carbocycles. The molecule has 4 nitrogen and oxygen atoms in total. The molecule has 1 heterocycles. The van der Waals surface area contributed by atoms with E-state index in [0.29, 0.717) is 11.4 Å². The van der Waals surface area contributed by atoms with Crippen molar-refractivity contribution in [3.05, 3.63) is 59.7 Å². The van der Waals surface area contributed by atoms with E-state index in [9.17, 15) is 18.4 Å². The number of hydrazone groups is 1. The molecular formula is C14H10F3N3O. The molecule has 0 saturated heterocycles. The van der Waals surface area contributed by atoms with Gasteiger partial charge in [-0.1, -0.05) is 24.3 Å². The van der Waals surface area contributed by atoms with Gasteiger partial charge in [0.15, 0.2) is 5.84 Å². The fourth-order valence-electron chi connectivity index (χ4n) is 2.05. The van der Waals surface area contributed by atoms with E-state index in [1.54, 1.807) is 24.3 Å². The number of alkyl halides is 3. The van der Waals surface area contributed by atoms with Crippen LogP contribution < -0.4 is 10.5 Å². The van der Waals surface area contributed by atoms with Crippen LogP contribution in [0.5, 0.6) is 0 Å². The number of nitrogens with one attached hydrogen (secondary N) is 1. The third kappa shape index (κ3) is 2.43. The second-order valence-corrected chi connectivity index (χ2v) is 4.45. The van der Waals surface area contributed by atoms with E-state index in [2.05, 4.69) is 10.5 Å². The van der Waals surface area contributed by atoms with E-state index < -0.39 is 11.7 Å². The van der Waals surface area contributed by atoms with Crippen LogP contribution >= 0.6 is 0 Å². The number of halogens is 3. The molecule has 1 aliphatic rings. The molecule has 1 aliphatic heterocycles. The Labute approximate surface area is 118 Å². The summed E-state index contributed by atoms with van der Waals surface area (Å²) in [6.07, 6.45) is -4.45. The first-order chi connectivity index (χ1) is 9.97. The number of anilines is 2. The van der Waals surface area contributed by atoms with Gasteiger partial charge < -0.3 is 0 Å². The molecule has 0 aromatic heterocycles. The molecular weight excluding hydrogens is 283 g/mol. The maximum absolute atomic E-state index is 12.7. The molecule has 0 spiro atoms. The van der Waals surface area contributed by atoms with E-state index >= 15 is 0 Å². The Morgan fingerprint density at radius 3 is 2.57 bits per heavy atom. The predicted molar refractivity (Wildman–Crippen MR) is 72.3 cm³/mol. The highest BCUT2D eigenvalue weighted by Gasteiger charge is 2.31. The molecule has 108 valence electrons. The van der Waals surface area contributed by atoms with Crippen molar-refractivity contribution in [3.8, 4) is 0 Å². The van der Waals surface area contributed by atoms with Crippen LogP contribution in [0.3, 0.4) is 0 Å². The van der Waals surface area contributed by atoms with Gasteiger partial charge in [0.2, 0.25) is 0 Å². The average Bonchev–Trinajstić information content (AvgIpc) is 2.47. The molecule has 3 rings (SSSR count). The van der Waals surface area contributed by atoms with Crippen LogP contribution in [-0.4, -0.2) is 11.0 Å². The van der Waals surface area contributed by atoms with Crippen molar-refractivity contribution in [1.29, 1.82) is 0 Å². The topological polar surface area (TPSA) is 47.9 Å². The van der Waals surface area contributed by atoms with Crippen molar-refractivity contribution >= 4 is 17.2 Å². The van der Waals surface area contributed by atoms with Gasteiger partial charge in [0, 0.05) is 5.56 Å². The summed E-state index contributed by atoms with van der Waals surface area (Å²) in [5.74, 6) is -0.000185. The molecule has 0 bridgehead atoms. The van der Waals surface area contributed by atoms with Crippen molar-refractivity contribution in [2.75, 3.05) is 10.5 Å². The summed E-state index contributed by atoms with van der Waals surface area (Å²) < 4.78 is 38.2. The Balaban J connectivity index is 2.01. The number of hydroxylamine groups is 1. The number of hydrogen-bond donors (Lipinski definition) is 2. The molecule has 0 unspecified atom stereocenters. The lowest BCUT2D eigenvalue weighted by Crippen LogP contribution is -2.32. The lowest BCUT2D eigenvalue weighted by molar-refractivity contribution is -0.137. The number of hydrogen-bond acceptors (Lipinski definition) is 4. The highest BCUT2D eigenvalue weighted by Crippen LogP contribution is 2.32. The van der Waals surface area contributed by atoms with Crippen molar-refractivity contribution in [2.45, 2.75) is 6.18 Å². The molecule has 2 N–H and O–H groups in total. The van der Waals surface area contributed by atoms with Crippen LogP contribution in [0.15, 0.2) is 53.6 Å². The van der Waals surface area contributed by atoms with Gasteiger partial charge in [0.1, 0.15) is 0 Å². The number of fused-ring (bicyclic) bond motifs is 1. The molecule has 0 fully saturated rings. The highest BCUT2D eigenvalue weighted by atomic mass is 19.4. The van der Waals surface area contributed by atoms with E-state index in [1.807, 2.05) is 0 Å². The number of para-hydroxylation sites is 2. The molecule has 21 heavy (non-hydrogen) atoms.